The van der Waals surface area contributed by atoms with Crippen molar-refractivity contribution in [1.29, 1.82) is 0 Å². The Hall–Kier alpha value is -1.52. The van der Waals surface area contributed by atoms with Crippen LogP contribution in [-0.4, -0.2) is 41.1 Å². The summed E-state index contributed by atoms with van der Waals surface area (Å²) >= 11 is 0. The fraction of sp³-hybridized carbons (Fsp3) is 0.714. The van der Waals surface area contributed by atoms with Crippen LogP contribution in [0.3, 0.4) is 0 Å². The summed E-state index contributed by atoms with van der Waals surface area (Å²) in [5.41, 5.74) is 0. The van der Waals surface area contributed by atoms with Crippen LogP contribution in [0.1, 0.15) is 38.5 Å². The van der Waals surface area contributed by atoms with Crippen LogP contribution in [0.5, 0.6) is 0 Å². The molecule has 1 unspecified atom stereocenters. The molecule has 106 valence electrons. The number of aliphatic carboxylic acids is 1. The van der Waals surface area contributed by atoms with E-state index in [1.54, 1.807) is 4.90 Å². The number of hydrogen-bond donors (Lipinski definition) is 2. The zero-order valence-electron chi connectivity index (χ0n) is 11.2. The third kappa shape index (κ3) is 3.72. The molecule has 1 fully saturated rings. The lowest BCUT2D eigenvalue weighted by Gasteiger charge is -2.31. The predicted molar refractivity (Wildman–Crippen MR) is 71.9 cm³/mol. The maximum atomic E-state index is 12.1. The Bertz CT molecular complexity index is 362. The quantitative estimate of drug-likeness (QED) is 0.767. The molecule has 19 heavy (non-hydrogen) atoms. The average molecular weight is 266 g/mol. The maximum absolute atomic E-state index is 12.1. The Morgan fingerprint density at radius 1 is 1.21 bits per heavy atom. The van der Waals surface area contributed by atoms with Gasteiger partial charge in [-0.1, -0.05) is 31.4 Å². The molecule has 5 heteroatoms. The third-order valence-electron chi connectivity index (χ3n) is 4.01. The molecule has 2 N–H and O–H groups in total. The lowest BCUT2D eigenvalue weighted by Crippen LogP contribution is -2.52. The molecule has 1 aliphatic heterocycles. The Morgan fingerprint density at radius 3 is 2.53 bits per heavy atom. The molecule has 0 aromatic rings. The van der Waals surface area contributed by atoms with Gasteiger partial charge in [-0.25, -0.2) is 9.59 Å². The topological polar surface area (TPSA) is 69.6 Å². The number of carbonyl (C=O) groups is 2. The highest BCUT2D eigenvalue weighted by Crippen LogP contribution is 2.26. The number of nitrogens with zero attached hydrogens (tertiary/aromatic N) is 1. The summed E-state index contributed by atoms with van der Waals surface area (Å²) in [6.45, 7) is 1.24. The lowest BCUT2D eigenvalue weighted by molar-refractivity contribution is -0.141. The van der Waals surface area contributed by atoms with Crippen LogP contribution in [0.4, 0.5) is 4.79 Å². The van der Waals surface area contributed by atoms with E-state index in [1.165, 1.54) is 6.42 Å². The summed E-state index contributed by atoms with van der Waals surface area (Å²) in [5, 5.41) is 12.0. The number of carboxylic acids is 1. The van der Waals surface area contributed by atoms with Gasteiger partial charge in [0.15, 0.2) is 0 Å². The average Bonchev–Trinajstić information content (AvgIpc) is 2.46. The molecular formula is C14H22N2O3. The fourth-order valence-electron chi connectivity index (χ4n) is 2.90. The van der Waals surface area contributed by atoms with Crippen molar-refractivity contribution in [2.24, 2.45) is 5.92 Å². The van der Waals surface area contributed by atoms with Crippen LogP contribution in [0.25, 0.3) is 0 Å². The van der Waals surface area contributed by atoms with Crippen molar-refractivity contribution in [2.45, 2.75) is 44.6 Å². The molecule has 5 nitrogen and oxygen atoms in total. The van der Waals surface area contributed by atoms with E-state index in [0.29, 0.717) is 13.1 Å². The first-order valence-corrected chi connectivity index (χ1v) is 7.11. The highest BCUT2D eigenvalue weighted by atomic mass is 16.4. The largest absolute Gasteiger partial charge is 0.480 e. The van der Waals surface area contributed by atoms with Crippen molar-refractivity contribution in [1.82, 2.24) is 10.2 Å². The molecule has 2 rings (SSSR count). The number of carboxylic acid groups (broad SMARTS) is 1. The summed E-state index contributed by atoms with van der Waals surface area (Å²) in [6.07, 6.45) is 9.93. The Morgan fingerprint density at radius 2 is 1.95 bits per heavy atom. The molecular weight excluding hydrogens is 244 g/mol. The number of amides is 2. The molecule has 0 bridgehead atoms. The van der Waals surface area contributed by atoms with Crippen LogP contribution in [0, 0.1) is 5.92 Å². The number of rotatable bonds is 3. The number of urea groups is 1. The van der Waals surface area contributed by atoms with E-state index in [2.05, 4.69) is 5.32 Å². The van der Waals surface area contributed by atoms with Gasteiger partial charge in [0, 0.05) is 13.1 Å². The Kier molecular flexibility index (Phi) is 4.82. The lowest BCUT2D eigenvalue weighted by atomic mass is 9.84. The smallest absolute Gasteiger partial charge is 0.326 e. The number of nitrogens with one attached hydrogen (secondary N) is 1. The van der Waals surface area contributed by atoms with Gasteiger partial charge in [-0.05, 0) is 25.2 Å². The SMILES string of the molecule is O=C(O)C(NC(=O)N1CC=CCC1)C1CCCCC1. The monoisotopic (exact) mass is 266 g/mol. The van der Waals surface area contributed by atoms with Crippen LogP contribution >= 0.6 is 0 Å². The van der Waals surface area contributed by atoms with Gasteiger partial charge in [-0.2, -0.15) is 0 Å². The summed E-state index contributed by atoms with van der Waals surface area (Å²) < 4.78 is 0. The van der Waals surface area contributed by atoms with Crippen LogP contribution in [0.2, 0.25) is 0 Å². The van der Waals surface area contributed by atoms with Gasteiger partial charge < -0.3 is 15.3 Å². The van der Waals surface area contributed by atoms with Gasteiger partial charge in [0.25, 0.3) is 0 Å². The Balaban J connectivity index is 1.93. The first kappa shape index (κ1) is 13.9. The molecule has 1 atom stereocenters. The van der Waals surface area contributed by atoms with Crippen LogP contribution < -0.4 is 5.32 Å². The zero-order valence-corrected chi connectivity index (χ0v) is 11.2. The number of carbonyl (C=O) groups excluding carboxylic acids is 1. The first-order valence-electron chi connectivity index (χ1n) is 7.11. The minimum atomic E-state index is -0.909. The van der Waals surface area contributed by atoms with Gasteiger partial charge in [0.1, 0.15) is 6.04 Å². The number of hydrogen-bond acceptors (Lipinski definition) is 2. The summed E-state index contributed by atoms with van der Waals surface area (Å²) in [5.74, 6) is -0.830. The Labute approximate surface area is 113 Å². The normalized spacial score (nSPS) is 22.0. The van der Waals surface area contributed by atoms with Gasteiger partial charge in [-0.3, -0.25) is 0 Å². The second-order valence-corrected chi connectivity index (χ2v) is 5.37. The molecule has 0 radical (unpaired) electrons. The van der Waals surface area contributed by atoms with Crippen molar-refractivity contribution >= 4 is 12.0 Å². The second kappa shape index (κ2) is 6.59. The third-order valence-corrected chi connectivity index (χ3v) is 4.01. The summed E-state index contributed by atoms with van der Waals surface area (Å²) in [6, 6.07) is -0.985. The van der Waals surface area contributed by atoms with E-state index < -0.39 is 12.0 Å². The molecule has 0 spiro atoms. The predicted octanol–water partition coefficient (Wildman–Crippen LogP) is 1.99. The standard InChI is InChI=1S/C14H22N2O3/c17-13(18)12(11-7-3-1-4-8-11)15-14(19)16-9-5-2-6-10-16/h2,5,11-12H,1,3-4,6-10H2,(H,15,19)(H,17,18). The first-order chi connectivity index (χ1) is 9.18. The molecule has 1 aliphatic carbocycles. The van der Waals surface area contributed by atoms with Crippen LogP contribution in [0.15, 0.2) is 12.2 Å². The molecule has 0 aromatic heterocycles. The molecule has 2 aliphatic rings. The fourth-order valence-corrected chi connectivity index (χ4v) is 2.90. The zero-order chi connectivity index (χ0) is 13.7. The molecule has 0 saturated heterocycles. The molecule has 1 saturated carbocycles. The highest BCUT2D eigenvalue weighted by molar-refractivity contribution is 5.83. The van der Waals surface area contributed by atoms with Gasteiger partial charge in [0.2, 0.25) is 0 Å². The van der Waals surface area contributed by atoms with E-state index in [9.17, 15) is 14.7 Å². The van der Waals surface area contributed by atoms with Crippen molar-refractivity contribution in [3.05, 3.63) is 12.2 Å². The van der Waals surface area contributed by atoms with E-state index in [-0.39, 0.29) is 11.9 Å². The highest BCUT2D eigenvalue weighted by Gasteiger charge is 2.31. The summed E-state index contributed by atoms with van der Waals surface area (Å²) in [4.78, 5) is 25.1. The van der Waals surface area contributed by atoms with Crippen LogP contribution in [-0.2, 0) is 4.79 Å². The molecule has 2 amide bonds. The van der Waals surface area contributed by atoms with E-state index in [4.69, 9.17) is 0 Å². The minimum Gasteiger partial charge on any atom is -0.480 e. The van der Waals surface area contributed by atoms with Crippen molar-refractivity contribution in [3.63, 3.8) is 0 Å². The maximum Gasteiger partial charge on any atom is 0.326 e. The van der Waals surface area contributed by atoms with E-state index in [0.717, 1.165) is 32.1 Å². The van der Waals surface area contributed by atoms with Crippen molar-refractivity contribution in [2.75, 3.05) is 13.1 Å². The molecule has 1 heterocycles. The van der Waals surface area contributed by atoms with E-state index >= 15 is 0 Å². The summed E-state index contributed by atoms with van der Waals surface area (Å²) in [7, 11) is 0. The van der Waals surface area contributed by atoms with E-state index in [1.807, 2.05) is 12.2 Å². The van der Waals surface area contributed by atoms with Gasteiger partial charge in [0.05, 0.1) is 0 Å². The van der Waals surface area contributed by atoms with Gasteiger partial charge >= 0.3 is 12.0 Å². The minimum absolute atomic E-state index is 0.0792. The second-order valence-electron chi connectivity index (χ2n) is 5.37. The van der Waals surface area contributed by atoms with Gasteiger partial charge in [-0.15, -0.1) is 0 Å². The molecule has 0 aromatic carbocycles. The van der Waals surface area contributed by atoms with Crippen molar-refractivity contribution in [3.8, 4) is 0 Å². The van der Waals surface area contributed by atoms with Crippen molar-refractivity contribution < 1.29 is 14.7 Å².